The molecule has 164 valence electrons. The van der Waals surface area contributed by atoms with Crippen molar-refractivity contribution in [2.45, 2.75) is 19.2 Å². The van der Waals surface area contributed by atoms with Crippen LogP contribution in [0.4, 0.5) is 0 Å². The minimum absolute atomic E-state index is 0.0196. The molecular weight excluding hydrogens is 410 g/mol. The monoisotopic (exact) mass is 439 g/mol. The highest BCUT2D eigenvalue weighted by Crippen LogP contribution is 2.14. The number of carbonyl (C=O) groups is 1. The number of amides is 1. The second kappa shape index (κ2) is 10.6. The first-order valence-electron chi connectivity index (χ1n) is 10.4. The van der Waals surface area contributed by atoms with Crippen LogP contribution in [0.15, 0.2) is 54.6 Å². The number of benzene rings is 2. The van der Waals surface area contributed by atoms with Crippen LogP contribution in [-0.2, 0) is 27.1 Å². The van der Waals surface area contributed by atoms with Crippen LogP contribution < -0.4 is 0 Å². The summed E-state index contributed by atoms with van der Waals surface area (Å²) in [4.78, 5) is 16.5. The van der Waals surface area contributed by atoms with Crippen molar-refractivity contribution in [1.29, 1.82) is 0 Å². The highest BCUT2D eigenvalue weighted by molar-refractivity contribution is 7.88. The number of hydrogen-bond acceptors (Lipinski definition) is 4. The first kappa shape index (κ1) is 23.0. The highest BCUT2D eigenvalue weighted by atomic mass is 32.2. The lowest BCUT2D eigenvalue weighted by Gasteiger charge is -2.35. The van der Waals surface area contributed by atoms with E-state index in [2.05, 4.69) is 5.92 Å². The Hall–Kier alpha value is -2.66. The normalized spacial score (nSPS) is 15.1. The molecule has 7 heteroatoms. The quantitative estimate of drug-likeness (QED) is 0.591. The van der Waals surface area contributed by atoms with Crippen LogP contribution in [0.2, 0.25) is 0 Å². The lowest BCUT2D eigenvalue weighted by molar-refractivity contribution is -0.133. The number of aryl methyl sites for hydroxylation is 1. The maximum absolute atomic E-state index is 12.8. The predicted molar refractivity (Wildman–Crippen MR) is 123 cm³/mol. The highest BCUT2D eigenvalue weighted by Gasteiger charge is 2.29. The molecule has 0 atom stereocenters. The second-order valence-corrected chi connectivity index (χ2v) is 9.83. The molecule has 1 aliphatic heterocycles. The third-order valence-corrected chi connectivity index (χ3v) is 7.23. The van der Waals surface area contributed by atoms with E-state index in [9.17, 15) is 13.2 Å². The van der Waals surface area contributed by atoms with Crippen LogP contribution in [0.1, 0.15) is 16.7 Å². The minimum Gasteiger partial charge on any atom is -0.339 e. The molecule has 3 rings (SSSR count). The maximum atomic E-state index is 12.8. The van der Waals surface area contributed by atoms with Crippen molar-refractivity contribution < 1.29 is 13.2 Å². The molecule has 0 N–H and O–H groups in total. The fourth-order valence-electron chi connectivity index (χ4n) is 3.63. The number of sulfonamides is 1. The Morgan fingerprint density at radius 2 is 1.65 bits per heavy atom. The predicted octanol–water partition coefficient (Wildman–Crippen LogP) is 2.10. The maximum Gasteiger partial charge on any atom is 0.236 e. The van der Waals surface area contributed by atoms with Crippen molar-refractivity contribution in [3.05, 3.63) is 71.3 Å². The standard InChI is InChI=1S/C24H29N3O3S/c1-3-13-25(18-22-11-9-21(2)10-12-22)19-24(28)26-14-16-27(17-15-26)31(29,30)20-23-7-5-4-6-8-23/h1,4-12H,13-20H2,2H3. The molecule has 1 aliphatic rings. The summed E-state index contributed by atoms with van der Waals surface area (Å²) in [5.74, 6) is 2.58. The number of carbonyl (C=O) groups excluding carboxylic acids is 1. The Labute approximate surface area is 185 Å². The number of piperazine rings is 1. The average molecular weight is 440 g/mol. The van der Waals surface area contributed by atoms with Gasteiger partial charge in [-0.1, -0.05) is 66.1 Å². The first-order chi connectivity index (χ1) is 14.9. The van der Waals surface area contributed by atoms with Crippen LogP contribution in [0.25, 0.3) is 0 Å². The van der Waals surface area contributed by atoms with Gasteiger partial charge in [0, 0.05) is 32.7 Å². The molecule has 0 aromatic heterocycles. The Bertz CT molecular complexity index is 1010. The molecule has 1 saturated heterocycles. The summed E-state index contributed by atoms with van der Waals surface area (Å²) in [5, 5.41) is 0. The average Bonchev–Trinajstić information content (AvgIpc) is 2.76. The van der Waals surface area contributed by atoms with Gasteiger partial charge in [0.15, 0.2) is 0 Å². The fraction of sp³-hybridized carbons (Fsp3) is 0.375. The fourth-order valence-corrected chi connectivity index (χ4v) is 5.15. The van der Waals surface area contributed by atoms with Gasteiger partial charge in [0.05, 0.1) is 18.8 Å². The molecule has 0 aliphatic carbocycles. The van der Waals surface area contributed by atoms with Gasteiger partial charge in [0.2, 0.25) is 15.9 Å². The summed E-state index contributed by atoms with van der Waals surface area (Å²) in [6, 6.07) is 17.3. The summed E-state index contributed by atoms with van der Waals surface area (Å²) < 4.78 is 26.9. The van der Waals surface area contributed by atoms with Crippen LogP contribution >= 0.6 is 0 Å². The molecule has 6 nitrogen and oxygen atoms in total. The second-order valence-electron chi connectivity index (χ2n) is 7.86. The molecular formula is C24H29N3O3S. The van der Waals surface area contributed by atoms with Crippen LogP contribution in [0.3, 0.4) is 0 Å². The topological polar surface area (TPSA) is 60.9 Å². The lowest BCUT2D eigenvalue weighted by atomic mass is 10.1. The van der Waals surface area contributed by atoms with Gasteiger partial charge in [-0.3, -0.25) is 9.69 Å². The molecule has 2 aromatic carbocycles. The van der Waals surface area contributed by atoms with E-state index in [1.54, 1.807) is 4.90 Å². The van der Waals surface area contributed by atoms with Crippen molar-refractivity contribution in [3.63, 3.8) is 0 Å². The molecule has 0 bridgehead atoms. The van der Waals surface area contributed by atoms with Crippen molar-refractivity contribution in [1.82, 2.24) is 14.1 Å². The van der Waals surface area contributed by atoms with E-state index < -0.39 is 10.0 Å². The first-order valence-corrected chi connectivity index (χ1v) is 12.0. The molecule has 1 amide bonds. The molecule has 2 aromatic rings. The molecule has 0 spiro atoms. The Kier molecular flexibility index (Phi) is 7.85. The molecule has 0 radical (unpaired) electrons. The van der Waals surface area contributed by atoms with E-state index in [1.165, 1.54) is 9.87 Å². The minimum atomic E-state index is -3.40. The van der Waals surface area contributed by atoms with Crippen molar-refractivity contribution >= 4 is 15.9 Å². The van der Waals surface area contributed by atoms with E-state index in [0.717, 1.165) is 11.1 Å². The number of nitrogens with zero attached hydrogens (tertiary/aromatic N) is 3. The number of rotatable bonds is 8. The summed E-state index contributed by atoms with van der Waals surface area (Å²) in [6.45, 7) is 4.64. The van der Waals surface area contributed by atoms with Gasteiger partial charge in [-0.15, -0.1) is 6.42 Å². The molecule has 1 heterocycles. The van der Waals surface area contributed by atoms with Gasteiger partial charge >= 0.3 is 0 Å². The van der Waals surface area contributed by atoms with Crippen LogP contribution in [-0.4, -0.2) is 67.7 Å². The smallest absolute Gasteiger partial charge is 0.236 e. The third-order valence-electron chi connectivity index (χ3n) is 5.38. The van der Waals surface area contributed by atoms with Gasteiger partial charge in [-0.05, 0) is 18.1 Å². The van der Waals surface area contributed by atoms with E-state index in [0.29, 0.717) is 39.3 Å². The van der Waals surface area contributed by atoms with Crippen LogP contribution in [0, 0.1) is 19.3 Å². The van der Waals surface area contributed by atoms with Crippen molar-refractivity contribution in [3.8, 4) is 12.3 Å². The number of terminal acetylenes is 1. The lowest BCUT2D eigenvalue weighted by Crippen LogP contribution is -2.52. The zero-order valence-corrected chi connectivity index (χ0v) is 18.7. The zero-order valence-electron chi connectivity index (χ0n) is 17.9. The van der Waals surface area contributed by atoms with Gasteiger partial charge in [-0.25, -0.2) is 8.42 Å². The number of hydrogen-bond donors (Lipinski definition) is 0. The van der Waals surface area contributed by atoms with E-state index >= 15 is 0 Å². The van der Waals surface area contributed by atoms with Gasteiger partial charge < -0.3 is 4.90 Å². The van der Waals surface area contributed by atoms with E-state index in [4.69, 9.17) is 6.42 Å². The Morgan fingerprint density at radius 1 is 1.00 bits per heavy atom. The van der Waals surface area contributed by atoms with Gasteiger partial charge in [0.1, 0.15) is 0 Å². The van der Waals surface area contributed by atoms with Gasteiger partial charge in [0.25, 0.3) is 0 Å². The largest absolute Gasteiger partial charge is 0.339 e. The Balaban J connectivity index is 1.53. The summed E-state index contributed by atoms with van der Waals surface area (Å²) in [7, 11) is -3.40. The molecule has 1 fully saturated rings. The molecule has 0 saturated carbocycles. The third kappa shape index (κ3) is 6.66. The Morgan fingerprint density at radius 3 is 2.26 bits per heavy atom. The van der Waals surface area contributed by atoms with Gasteiger partial charge in [-0.2, -0.15) is 4.31 Å². The summed E-state index contributed by atoms with van der Waals surface area (Å²) in [6.07, 6.45) is 5.50. The van der Waals surface area contributed by atoms with Crippen LogP contribution in [0.5, 0.6) is 0 Å². The SMILES string of the molecule is C#CCN(CC(=O)N1CCN(S(=O)(=O)Cc2ccccc2)CC1)Cc1ccc(C)cc1. The summed E-state index contributed by atoms with van der Waals surface area (Å²) >= 11 is 0. The molecule has 0 unspecified atom stereocenters. The molecule has 31 heavy (non-hydrogen) atoms. The zero-order chi connectivity index (χ0) is 22.3. The van der Waals surface area contributed by atoms with E-state index in [-0.39, 0.29) is 18.2 Å². The van der Waals surface area contributed by atoms with E-state index in [1.807, 2.05) is 66.4 Å². The van der Waals surface area contributed by atoms with Crippen molar-refractivity contribution in [2.75, 3.05) is 39.3 Å². The van der Waals surface area contributed by atoms with Crippen molar-refractivity contribution in [2.24, 2.45) is 0 Å². The summed E-state index contributed by atoms with van der Waals surface area (Å²) in [5.41, 5.74) is 3.05.